The van der Waals surface area contributed by atoms with Gasteiger partial charge >= 0.3 is 6.09 Å². The fourth-order valence-corrected chi connectivity index (χ4v) is 3.47. The Morgan fingerprint density at radius 2 is 1.81 bits per heavy atom. The van der Waals surface area contributed by atoms with Crippen molar-refractivity contribution in [2.45, 2.75) is 13.8 Å². The van der Waals surface area contributed by atoms with Crippen LogP contribution in [0.1, 0.15) is 23.0 Å². The highest BCUT2D eigenvalue weighted by molar-refractivity contribution is 9.10. The number of rotatable bonds is 3. The smallest absolute Gasteiger partial charge is 0.409 e. The molecule has 2 aromatic rings. The third-order valence-electron chi connectivity index (χ3n) is 4.53. The zero-order chi connectivity index (χ0) is 19.4. The molecule has 3 rings (SSSR count). The molecule has 7 heteroatoms. The molecule has 0 aliphatic carbocycles. The van der Waals surface area contributed by atoms with E-state index in [0.29, 0.717) is 44.0 Å². The monoisotopic (exact) mass is 431 g/mol. The van der Waals surface area contributed by atoms with Crippen LogP contribution in [0.2, 0.25) is 0 Å². The third-order valence-corrected chi connectivity index (χ3v) is 5.02. The first kappa shape index (κ1) is 19.4. The molecule has 0 N–H and O–H groups in total. The number of carbonyl (C=O) groups is 2. The summed E-state index contributed by atoms with van der Waals surface area (Å²) < 4.78 is 6.00. The number of ether oxygens (including phenoxy) is 1. The van der Waals surface area contributed by atoms with Crippen molar-refractivity contribution >= 4 is 27.9 Å². The molecule has 1 saturated heterocycles. The van der Waals surface area contributed by atoms with E-state index < -0.39 is 0 Å². The number of pyridine rings is 1. The van der Waals surface area contributed by atoms with E-state index in [4.69, 9.17) is 4.74 Å². The van der Waals surface area contributed by atoms with Gasteiger partial charge < -0.3 is 14.5 Å². The lowest BCUT2D eigenvalue weighted by Gasteiger charge is -2.34. The summed E-state index contributed by atoms with van der Waals surface area (Å²) in [6.07, 6.45) is -0.319. The summed E-state index contributed by atoms with van der Waals surface area (Å²) in [7, 11) is 0. The van der Waals surface area contributed by atoms with E-state index in [1.165, 1.54) is 0 Å². The number of piperazine rings is 1. The van der Waals surface area contributed by atoms with Crippen LogP contribution in [0.4, 0.5) is 4.79 Å². The van der Waals surface area contributed by atoms with Gasteiger partial charge in [0, 0.05) is 36.2 Å². The number of hydrogen-bond donors (Lipinski definition) is 0. The molecule has 0 atom stereocenters. The molecular weight excluding hydrogens is 410 g/mol. The van der Waals surface area contributed by atoms with Crippen molar-refractivity contribution in [3.63, 3.8) is 0 Å². The van der Waals surface area contributed by atoms with Gasteiger partial charge in [-0.15, -0.1) is 0 Å². The second-order valence-electron chi connectivity index (χ2n) is 6.32. The molecule has 1 aromatic heterocycles. The number of hydrogen-bond acceptors (Lipinski definition) is 4. The number of halogens is 1. The maximum Gasteiger partial charge on any atom is 0.409 e. The second-order valence-corrected chi connectivity index (χ2v) is 7.23. The maximum absolute atomic E-state index is 12.9. The van der Waals surface area contributed by atoms with E-state index in [-0.39, 0.29) is 12.0 Å². The summed E-state index contributed by atoms with van der Waals surface area (Å²) in [4.78, 5) is 32.7. The molecular formula is C20H22BrN3O3. The lowest BCUT2D eigenvalue weighted by atomic mass is 10.1. The van der Waals surface area contributed by atoms with Crippen LogP contribution >= 0.6 is 15.9 Å². The van der Waals surface area contributed by atoms with Crippen LogP contribution in [-0.2, 0) is 4.74 Å². The van der Waals surface area contributed by atoms with Crippen LogP contribution in [0.25, 0.3) is 11.3 Å². The van der Waals surface area contributed by atoms with Crippen molar-refractivity contribution in [2.24, 2.45) is 0 Å². The van der Waals surface area contributed by atoms with Crippen LogP contribution in [0.5, 0.6) is 0 Å². The number of nitrogens with zero attached hydrogens (tertiary/aromatic N) is 3. The van der Waals surface area contributed by atoms with Crippen molar-refractivity contribution < 1.29 is 14.3 Å². The molecule has 6 nitrogen and oxygen atoms in total. The number of benzene rings is 1. The lowest BCUT2D eigenvalue weighted by molar-refractivity contribution is 0.0569. The summed E-state index contributed by atoms with van der Waals surface area (Å²) in [5.41, 5.74) is 3.12. The fraction of sp³-hybridized carbons (Fsp3) is 0.350. The minimum Gasteiger partial charge on any atom is -0.450 e. The van der Waals surface area contributed by atoms with Crippen LogP contribution < -0.4 is 0 Å². The zero-order valence-electron chi connectivity index (χ0n) is 15.4. The number of carbonyl (C=O) groups excluding carboxylic acids is 2. The van der Waals surface area contributed by atoms with E-state index in [9.17, 15) is 9.59 Å². The first-order valence-electron chi connectivity index (χ1n) is 8.94. The zero-order valence-corrected chi connectivity index (χ0v) is 17.0. The van der Waals surface area contributed by atoms with Gasteiger partial charge in [-0.3, -0.25) is 9.78 Å². The highest BCUT2D eigenvalue weighted by atomic mass is 79.9. The molecule has 0 spiro atoms. The maximum atomic E-state index is 12.9. The van der Waals surface area contributed by atoms with Crippen molar-refractivity contribution in [2.75, 3.05) is 32.8 Å². The Labute approximate surface area is 167 Å². The third kappa shape index (κ3) is 4.47. The molecule has 0 bridgehead atoms. The van der Waals surface area contributed by atoms with Gasteiger partial charge in [0.15, 0.2) is 0 Å². The van der Waals surface area contributed by atoms with E-state index in [1.807, 2.05) is 43.3 Å². The Balaban J connectivity index is 1.70. The minimum atomic E-state index is -0.319. The quantitative estimate of drug-likeness (QED) is 0.742. The highest BCUT2D eigenvalue weighted by Gasteiger charge is 2.26. The Bertz CT molecular complexity index is 848. The average molecular weight is 432 g/mol. The molecule has 27 heavy (non-hydrogen) atoms. The molecule has 0 radical (unpaired) electrons. The van der Waals surface area contributed by atoms with E-state index >= 15 is 0 Å². The predicted molar refractivity (Wildman–Crippen MR) is 107 cm³/mol. The number of aromatic nitrogens is 1. The van der Waals surface area contributed by atoms with E-state index in [1.54, 1.807) is 16.7 Å². The molecule has 0 saturated carbocycles. The molecule has 1 aromatic carbocycles. The molecule has 2 amide bonds. The van der Waals surface area contributed by atoms with Crippen LogP contribution in [0, 0.1) is 6.92 Å². The molecule has 2 heterocycles. The number of amides is 2. The molecule has 142 valence electrons. The van der Waals surface area contributed by atoms with Gasteiger partial charge in [-0.25, -0.2) is 4.79 Å². The summed E-state index contributed by atoms with van der Waals surface area (Å²) >= 11 is 3.47. The molecule has 1 fully saturated rings. The summed E-state index contributed by atoms with van der Waals surface area (Å²) in [6.45, 7) is 5.93. The van der Waals surface area contributed by atoms with Crippen LogP contribution in [-0.4, -0.2) is 59.6 Å². The van der Waals surface area contributed by atoms with Crippen molar-refractivity contribution in [1.29, 1.82) is 0 Å². The largest absolute Gasteiger partial charge is 0.450 e. The summed E-state index contributed by atoms with van der Waals surface area (Å²) in [6, 6.07) is 11.6. The standard InChI is InChI=1S/C20H22BrN3O3/c1-3-27-20(26)24-11-9-23(10-12-24)19(25)17-7-8-18(22-14(17)2)15-5-4-6-16(21)13-15/h4-8,13H,3,9-12H2,1-2H3. The van der Waals surface area contributed by atoms with Gasteiger partial charge in [0.2, 0.25) is 0 Å². The Hall–Kier alpha value is -2.41. The normalized spacial score (nSPS) is 14.2. The van der Waals surface area contributed by atoms with Gasteiger partial charge in [0.25, 0.3) is 5.91 Å². The first-order valence-corrected chi connectivity index (χ1v) is 9.73. The van der Waals surface area contributed by atoms with E-state index in [2.05, 4.69) is 20.9 Å². The lowest BCUT2D eigenvalue weighted by Crippen LogP contribution is -2.50. The van der Waals surface area contributed by atoms with Crippen molar-refractivity contribution in [3.8, 4) is 11.3 Å². The molecule has 0 unspecified atom stereocenters. The SMILES string of the molecule is CCOC(=O)N1CCN(C(=O)c2ccc(-c3cccc(Br)c3)nc2C)CC1. The summed E-state index contributed by atoms with van der Waals surface area (Å²) in [5, 5.41) is 0. The Kier molecular flexibility index (Phi) is 6.11. The van der Waals surface area contributed by atoms with Gasteiger partial charge in [-0.1, -0.05) is 28.1 Å². The van der Waals surface area contributed by atoms with Gasteiger partial charge in [-0.2, -0.15) is 0 Å². The second kappa shape index (κ2) is 8.52. The topological polar surface area (TPSA) is 62.7 Å². The Morgan fingerprint density at radius 3 is 2.44 bits per heavy atom. The van der Waals surface area contributed by atoms with Crippen LogP contribution in [0.15, 0.2) is 40.9 Å². The van der Waals surface area contributed by atoms with Crippen LogP contribution in [0.3, 0.4) is 0 Å². The van der Waals surface area contributed by atoms with E-state index in [0.717, 1.165) is 15.7 Å². The Morgan fingerprint density at radius 1 is 1.11 bits per heavy atom. The molecule has 1 aliphatic heterocycles. The number of aryl methyl sites for hydroxylation is 1. The molecule has 1 aliphatic rings. The fourth-order valence-electron chi connectivity index (χ4n) is 3.07. The van der Waals surface area contributed by atoms with Gasteiger partial charge in [0.05, 0.1) is 23.6 Å². The summed E-state index contributed by atoms with van der Waals surface area (Å²) in [5.74, 6) is -0.0516. The average Bonchev–Trinajstić information content (AvgIpc) is 2.68. The van der Waals surface area contributed by atoms with Gasteiger partial charge in [-0.05, 0) is 38.1 Å². The predicted octanol–water partition coefficient (Wildman–Crippen LogP) is 3.73. The van der Waals surface area contributed by atoms with Crippen molar-refractivity contribution in [3.05, 3.63) is 52.1 Å². The highest BCUT2D eigenvalue weighted by Crippen LogP contribution is 2.23. The van der Waals surface area contributed by atoms with Crippen molar-refractivity contribution in [1.82, 2.24) is 14.8 Å². The minimum absolute atomic E-state index is 0.0516. The first-order chi connectivity index (χ1) is 13.0. The van der Waals surface area contributed by atoms with Gasteiger partial charge in [0.1, 0.15) is 0 Å².